The third-order valence-electron chi connectivity index (χ3n) is 3.38. The van der Waals surface area contributed by atoms with Gasteiger partial charge in [0.1, 0.15) is 0 Å². The molecule has 0 saturated carbocycles. The van der Waals surface area contributed by atoms with Crippen molar-refractivity contribution in [1.29, 1.82) is 10.5 Å². The van der Waals surface area contributed by atoms with Crippen LogP contribution in [0.5, 0.6) is 0 Å². The summed E-state index contributed by atoms with van der Waals surface area (Å²) < 4.78 is 10.2. The topological polar surface area (TPSA) is 125 Å². The minimum absolute atomic E-state index is 0.146. The van der Waals surface area contributed by atoms with Gasteiger partial charge >= 0.3 is 11.9 Å². The summed E-state index contributed by atoms with van der Waals surface area (Å²) in [6.45, 7) is 7.56. The summed E-state index contributed by atoms with van der Waals surface area (Å²) in [4.78, 5) is 24.3. The number of hydrogen-bond acceptors (Lipinski definition) is 8. The van der Waals surface area contributed by atoms with Crippen molar-refractivity contribution in [3.8, 4) is 12.1 Å². The lowest BCUT2D eigenvalue weighted by Crippen LogP contribution is -2.27. The summed E-state index contributed by atoms with van der Waals surface area (Å²) in [5.41, 5.74) is 0. The van der Waals surface area contributed by atoms with Crippen molar-refractivity contribution < 1.29 is 19.1 Å². The van der Waals surface area contributed by atoms with E-state index in [0.29, 0.717) is 12.8 Å². The Labute approximate surface area is 155 Å². The van der Waals surface area contributed by atoms with Gasteiger partial charge < -0.3 is 9.47 Å². The maximum Gasteiger partial charge on any atom is 0.332 e. The molecule has 0 saturated heterocycles. The van der Waals surface area contributed by atoms with Gasteiger partial charge in [-0.1, -0.05) is 13.8 Å². The normalized spacial score (nSPS) is 15.3. The molecule has 0 aromatic rings. The molecule has 0 aliphatic rings. The van der Waals surface area contributed by atoms with E-state index in [2.05, 4.69) is 10.2 Å². The van der Waals surface area contributed by atoms with E-state index in [1.807, 2.05) is 26.0 Å². The molecule has 0 aliphatic heterocycles. The Morgan fingerprint density at radius 3 is 1.46 bits per heavy atom. The highest BCUT2D eigenvalue weighted by Crippen LogP contribution is 2.15. The number of hydrogen-bond donors (Lipinski definition) is 0. The molecule has 0 radical (unpaired) electrons. The van der Waals surface area contributed by atoms with E-state index in [-0.39, 0.29) is 26.1 Å². The van der Waals surface area contributed by atoms with Crippen LogP contribution in [0.3, 0.4) is 0 Å². The predicted octanol–water partition coefficient (Wildman–Crippen LogP) is 3.18. The van der Waals surface area contributed by atoms with Crippen LogP contribution in [0.15, 0.2) is 10.2 Å². The highest BCUT2D eigenvalue weighted by Gasteiger charge is 2.26. The molecular weight excluding hydrogens is 336 g/mol. The third kappa shape index (κ3) is 9.73. The summed E-state index contributed by atoms with van der Waals surface area (Å²) in [7, 11) is 0. The lowest BCUT2D eigenvalue weighted by molar-refractivity contribution is -0.147. The van der Waals surface area contributed by atoms with Crippen molar-refractivity contribution in [1.82, 2.24) is 0 Å². The smallest absolute Gasteiger partial charge is 0.332 e. The zero-order valence-electron chi connectivity index (χ0n) is 16.0. The Morgan fingerprint density at radius 1 is 0.846 bits per heavy atom. The average Bonchev–Trinajstić information content (AvgIpc) is 2.65. The molecule has 0 rings (SSSR count). The zero-order chi connectivity index (χ0) is 19.9. The first-order valence-electron chi connectivity index (χ1n) is 8.91. The Hall–Kier alpha value is -2.48. The van der Waals surface area contributed by atoms with Crippen LogP contribution in [0.4, 0.5) is 0 Å². The monoisotopic (exact) mass is 364 g/mol. The molecule has 0 bridgehead atoms. The Balaban J connectivity index is 5.27. The number of ether oxygens (including phenoxy) is 2. The van der Waals surface area contributed by atoms with Gasteiger partial charge in [0, 0.05) is 11.8 Å². The molecule has 0 aromatic carbocycles. The number of azo groups is 1. The first-order chi connectivity index (χ1) is 12.4. The van der Waals surface area contributed by atoms with Crippen LogP contribution < -0.4 is 0 Å². The average molecular weight is 364 g/mol. The fourth-order valence-electron chi connectivity index (χ4n) is 1.91. The molecule has 8 nitrogen and oxygen atoms in total. The largest absolute Gasteiger partial charge is 0.464 e. The maximum absolute atomic E-state index is 12.1. The SMILES string of the molecule is CCCOC(=O)C(CC(C)C#N)N=NC(CC(C)C#N)C(=O)OCCC. The molecule has 0 heterocycles. The molecule has 0 amide bonds. The second-order valence-corrected chi connectivity index (χ2v) is 6.13. The molecule has 8 heteroatoms. The first-order valence-corrected chi connectivity index (χ1v) is 8.91. The second kappa shape index (κ2) is 13.8. The number of rotatable bonds is 12. The van der Waals surface area contributed by atoms with E-state index in [9.17, 15) is 9.59 Å². The van der Waals surface area contributed by atoms with Crippen molar-refractivity contribution in [3.05, 3.63) is 0 Å². The lowest BCUT2D eigenvalue weighted by atomic mass is 10.0. The highest BCUT2D eigenvalue weighted by atomic mass is 16.5. The lowest BCUT2D eigenvalue weighted by Gasteiger charge is -2.15. The number of esters is 2. The second-order valence-electron chi connectivity index (χ2n) is 6.13. The van der Waals surface area contributed by atoms with Crippen molar-refractivity contribution in [2.24, 2.45) is 22.1 Å². The molecule has 4 unspecified atom stereocenters. The van der Waals surface area contributed by atoms with Gasteiger partial charge in [-0.05, 0) is 39.5 Å². The van der Waals surface area contributed by atoms with Gasteiger partial charge in [-0.15, -0.1) is 0 Å². The quantitative estimate of drug-likeness (QED) is 0.387. The van der Waals surface area contributed by atoms with Gasteiger partial charge in [0.05, 0.1) is 25.4 Å². The first kappa shape index (κ1) is 23.5. The Bertz CT molecular complexity index is 502. The molecule has 144 valence electrons. The maximum atomic E-state index is 12.1. The minimum Gasteiger partial charge on any atom is -0.464 e. The Morgan fingerprint density at radius 2 is 1.19 bits per heavy atom. The van der Waals surface area contributed by atoms with Crippen LogP contribution in [-0.2, 0) is 19.1 Å². The van der Waals surface area contributed by atoms with Crippen LogP contribution in [0.25, 0.3) is 0 Å². The fraction of sp³-hybridized carbons (Fsp3) is 0.778. The fourth-order valence-corrected chi connectivity index (χ4v) is 1.91. The zero-order valence-corrected chi connectivity index (χ0v) is 16.0. The van der Waals surface area contributed by atoms with E-state index >= 15 is 0 Å². The molecule has 4 atom stereocenters. The van der Waals surface area contributed by atoms with E-state index in [1.165, 1.54) is 0 Å². The molecule has 26 heavy (non-hydrogen) atoms. The van der Waals surface area contributed by atoms with Crippen LogP contribution in [0.1, 0.15) is 53.4 Å². The number of carbonyl (C=O) groups is 2. The molecule has 0 fully saturated rings. The molecular formula is C18H28N4O4. The van der Waals surface area contributed by atoms with Gasteiger partial charge in [0.15, 0.2) is 12.1 Å². The minimum atomic E-state index is -0.963. The molecule has 0 aliphatic carbocycles. The van der Waals surface area contributed by atoms with E-state index < -0.39 is 35.9 Å². The predicted molar refractivity (Wildman–Crippen MR) is 93.7 cm³/mol. The van der Waals surface area contributed by atoms with Gasteiger partial charge in [-0.2, -0.15) is 20.8 Å². The summed E-state index contributed by atoms with van der Waals surface area (Å²) in [6.07, 6.45) is 1.62. The van der Waals surface area contributed by atoms with Gasteiger partial charge in [-0.3, -0.25) is 0 Å². The number of carbonyl (C=O) groups excluding carboxylic acids is 2. The van der Waals surface area contributed by atoms with Crippen molar-refractivity contribution in [2.75, 3.05) is 13.2 Å². The van der Waals surface area contributed by atoms with Crippen molar-refractivity contribution >= 4 is 11.9 Å². The van der Waals surface area contributed by atoms with Gasteiger partial charge in [0.2, 0.25) is 0 Å². The molecule has 0 spiro atoms. The Kier molecular flexibility index (Phi) is 12.5. The number of nitrogens with zero attached hydrogens (tertiary/aromatic N) is 4. The van der Waals surface area contributed by atoms with Crippen molar-refractivity contribution in [3.63, 3.8) is 0 Å². The molecule has 0 N–H and O–H groups in total. The van der Waals surface area contributed by atoms with Crippen LogP contribution in [-0.4, -0.2) is 37.2 Å². The number of nitriles is 2. The third-order valence-corrected chi connectivity index (χ3v) is 3.38. The standard InChI is InChI=1S/C18H28N4O4/c1-5-7-25-17(23)15(9-13(3)11-19)21-22-16(10-14(4)12-20)18(24)26-8-6-2/h13-16H,5-10H2,1-4H3. The van der Waals surface area contributed by atoms with E-state index in [1.54, 1.807) is 13.8 Å². The van der Waals surface area contributed by atoms with Gasteiger partial charge in [-0.25, -0.2) is 9.59 Å². The van der Waals surface area contributed by atoms with Crippen molar-refractivity contribution in [2.45, 2.75) is 65.5 Å². The summed E-state index contributed by atoms with van der Waals surface area (Å²) in [6, 6.07) is 2.16. The van der Waals surface area contributed by atoms with Crippen LogP contribution >= 0.6 is 0 Å². The van der Waals surface area contributed by atoms with Gasteiger partial charge in [0.25, 0.3) is 0 Å². The summed E-state index contributed by atoms with van der Waals surface area (Å²) >= 11 is 0. The van der Waals surface area contributed by atoms with E-state index in [4.69, 9.17) is 20.0 Å². The highest BCUT2D eigenvalue weighted by molar-refractivity contribution is 5.77. The van der Waals surface area contributed by atoms with Crippen LogP contribution in [0, 0.1) is 34.5 Å². The van der Waals surface area contributed by atoms with Crippen LogP contribution in [0.2, 0.25) is 0 Å². The summed E-state index contributed by atoms with van der Waals surface area (Å²) in [5.74, 6) is -1.99. The molecule has 0 aromatic heterocycles. The summed E-state index contributed by atoms with van der Waals surface area (Å²) in [5, 5.41) is 25.9. The van der Waals surface area contributed by atoms with E-state index in [0.717, 1.165) is 0 Å².